The summed E-state index contributed by atoms with van der Waals surface area (Å²) in [5.74, 6) is 3.73. The average Bonchev–Trinajstić information content (AvgIpc) is 1.69. The summed E-state index contributed by atoms with van der Waals surface area (Å²) in [6.07, 6.45) is -36.9. The van der Waals surface area contributed by atoms with E-state index in [0.29, 0.717) is 53.0 Å². The molecule has 0 bridgehead atoms. The molecule has 0 radical (unpaired) electrons. The second-order valence-corrected chi connectivity index (χ2v) is 38.1. The summed E-state index contributed by atoms with van der Waals surface area (Å²) < 4.78 is 427. The molecule has 8 rings (SSSR count). The van der Waals surface area contributed by atoms with E-state index in [0.717, 1.165) is 38.3 Å². The molecule has 0 amide bonds. The van der Waals surface area contributed by atoms with Gasteiger partial charge in [0.1, 0.15) is 60.6 Å². The van der Waals surface area contributed by atoms with Crippen molar-refractivity contribution in [1.29, 1.82) is 0 Å². The van der Waals surface area contributed by atoms with E-state index >= 15 is 0 Å². The molecule has 107 heavy (non-hydrogen) atoms. The lowest BCUT2D eigenvalue weighted by molar-refractivity contribution is -0.364. The third-order valence-corrected chi connectivity index (χ3v) is 24.8. The number of hydrogen-bond acceptors (Lipinski definition) is 38. The standard InChI is InChI=1S/C48H81N3O46S10/c1-23(2)7-6-8-24(3)29-11-12-30-28-10-9-25-17-27(13-15-47(25,4)31(28)14-16-48(29,30)5)82-19-26-18-51(50-49-26)44-41(95-105(73,74)75)38(92-102(64,65)66)35(32(86-44)20-83-98(52,53)54)89-45-42(96-106(76,77)78)39(93-103(67,68)69)36(33(87-45)21-84-99(55,56)57)90-46-43(97-107(79,80)81)40(94-104(70,71)72)37(91-101(61,62)63)34(88-46)22-85-100(58,59)60/h18,23-25,27-46H,6-17,19-22H2,1-5H3,(H,52,53,54)(H,55,56,57)(H,58,59,60)(H,61,62,63)(H,64,65,66)(H,67,68,69)(H,70,71,72)(H,73,74,75)(H,76,77,78)(H,79,80,81)/t24-,25+,27+,28+,29-,30+,31+,32-,33-,34-,35-,36-,37-,38+,39+,40+,41-,42-,43-,44-,45-,46-,47+,48-/m1/s1. The maximum Gasteiger partial charge on any atom is 0.397 e. The first kappa shape index (κ1) is 90.1. The predicted molar refractivity (Wildman–Crippen MR) is 340 cm³/mol. The Bertz CT molecular complexity index is 4480. The summed E-state index contributed by atoms with van der Waals surface area (Å²) in [5.41, 5.74) is 0.0608. The van der Waals surface area contributed by atoms with Crippen molar-refractivity contribution in [3.8, 4) is 0 Å². The Morgan fingerprint density at radius 1 is 0.458 bits per heavy atom. The molecular weight excluding hydrogens is 1680 g/mol. The lowest BCUT2D eigenvalue weighted by Crippen LogP contribution is -2.68. The first-order chi connectivity index (χ1) is 48.7. The first-order valence-electron chi connectivity index (χ1n) is 31.9. The molecule has 7 aliphatic rings. The smallest absolute Gasteiger partial charge is 0.372 e. The number of ether oxygens (including phenoxy) is 6. The highest BCUT2D eigenvalue weighted by molar-refractivity contribution is 7.83. The fourth-order valence-electron chi connectivity index (χ4n) is 16.4. The molecule has 10 N–H and O–H groups in total. The molecule has 1 aromatic rings. The van der Waals surface area contributed by atoms with Crippen LogP contribution in [0, 0.1) is 52.3 Å². The summed E-state index contributed by atoms with van der Waals surface area (Å²) >= 11 is 0. The number of nitrogens with zero attached hydrogens (tertiary/aromatic N) is 3. The molecule has 1 aromatic heterocycles. The van der Waals surface area contributed by atoms with Crippen molar-refractivity contribution >= 4 is 104 Å². The first-order valence-corrected chi connectivity index (χ1v) is 45.6. The van der Waals surface area contributed by atoms with Crippen molar-refractivity contribution in [1.82, 2.24) is 15.0 Å². The molecule has 624 valence electrons. The highest BCUT2D eigenvalue weighted by Crippen LogP contribution is 2.68. The normalized spacial score (nSPS) is 36.3. The van der Waals surface area contributed by atoms with Gasteiger partial charge in [0.05, 0.1) is 38.7 Å². The minimum atomic E-state index is -6.57. The van der Waals surface area contributed by atoms with Crippen LogP contribution in [0.3, 0.4) is 0 Å². The van der Waals surface area contributed by atoms with Gasteiger partial charge in [0.25, 0.3) is 0 Å². The Labute approximate surface area is 615 Å². The fraction of sp³-hybridized carbons (Fsp3) is 0.958. The van der Waals surface area contributed by atoms with Crippen LogP contribution >= 0.6 is 0 Å². The SMILES string of the molecule is CC(C)CCC[C@@H](C)[C@H]1CC[C@H]2[C@@H]3CC[C@H]4C[C@@H](OCc5cn([C@@H]6O[C@H](COS(=O)(=O)O)[C@@H](O[C@H]7O[C@H](COS(=O)(=O)O)[C@@H](O[C@H]8O[C@H](COS(=O)(=O)O)[C@@H](OS(=O)(=O)O)[C@H](OS(=O)(=O)O)[C@H]8OS(=O)(=O)O)[C@H](OS(=O)(=O)O)[C@H]7OS(=O)(=O)O)[C@H](OS(=O)(=O)O)[C@H]6OS(=O)(=O)O)nn5)CC[C@]4(C)[C@H]3CC[C@]12C. The van der Waals surface area contributed by atoms with E-state index in [9.17, 15) is 130 Å². The molecule has 3 aliphatic heterocycles. The van der Waals surface area contributed by atoms with E-state index in [-0.39, 0.29) is 22.4 Å². The van der Waals surface area contributed by atoms with Crippen LogP contribution < -0.4 is 0 Å². The van der Waals surface area contributed by atoms with Gasteiger partial charge in [-0.1, -0.05) is 59.1 Å². The molecule has 4 aliphatic carbocycles. The van der Waals surface area contributed by atoms with Crippen LogP contribution in [0.15, 0.2) is 6.20 Å². The third kappa shape index (κ3) is 25.5. The van der Waals surface area contributed by atoms with Crippen LogP contribution in [0.1, 0.15) is 124 Å². The number of aromatic nitrogens is 3. The zero-order valence-electron chi connectivity index (χ0n) is 56.3. The third-order valence-electron chi connectivity index (χ3n) is 20.3. The monoisotopic (exact) mass is 1760 g/mol. The minimum Gasteiger partial charge on any atom is -0.372 e. The van der Waals surface area contributed by atoms with Gasteiger partial charge >= 0.3 is 104 Å². The molecule has 59 heteroatoms. The maximum absolute atomic E-state index is 12.9. The van der Waals surface area contributed by atoms with Crippen LogP contribution in [0.4, 0.5) is 0 Å². The van der Waals surface area contributed by atoms with Gasteiger partial charge in [0.15, 0.2) is 37.1 Å². The molecule has 4 heterocycles. The Morgan fingerprint density at radius 3 is 1.32 bits per heavy atom. The topological polar surface area (TPSA) is 722 Å². The minimum absolute atomic E-state index is 0.0230. The van der Waals surface area contributed by atoms with Gasteiger partial charge in [-0.2, -0.15) is 84.2 Å². The van der Waals surface area contributed by atoms with E-state index in [4.69, 9.17) is 36.8 Å². The molecule has 0 unspecified atom stereocenters. The molecular formula is C48H81N3O46S10. The van der Waals surface area contributed by atoms with E-state index in [1.807, 2.05) is 0 Å². The lowest BCUT2D eigenvalue weighted by Gasteiger charge is -2.61. The highest BCUT2D eigenvalue weighted by atomic mass is 32.3. The molecule has 4 saturated carbocycles. The van der Waals surface area contributed by atoms with Gasteiger partial charge in [0, 0.05) is 0 Å². The zero-order chi connectivity index (χ0) is 80.2. The maximum atomic E-state index is 12.9. The number of rotatable bonds is 36. The Balaban J connectivity index is 1.14. The van der Waals surface area contributed by atoms with Crippen molar-refractivity contribution in [3.05, 3.63) is 11.9 Å². The van der Waals surface area contributed by atoms with E-state index in [1.165, 1.54) is 32.1 Å². The molecule has 24 atom stereocenters. The van der Waals surface area contributed by atoms with Crippen LogP contribution in [0.5, 0.6) is 0 Å². The van der Waals surface area contributed by atoms with E-state index < -0.39 is 229 Å². The summed E-state index contributed by atoms with van der Waals surface area (Å²) in [6.45, 7) is 5.19. The molecule has 3 saturated heterocycles. The summed E-state index contributed by atoms with van der Waals surface area (Å²) in [4.78, 5) is 0. The van der Waals surface area contributed by atoms with Gasteiger partial charge in [-0.05, 0) is 110 Å². The Morgan fingerprint density at radius 2 is 0.860 bits per heavy atom. The van der Waals surface area contributed by atoms with Crippen LogP contribution in [-0.4, -0.2) is 256 Å². The molecule has 7 fully saturated rings. The lowest BCUT2D eigenvalue weighted by atomic mass is 9.44. The van der Waals surface area contributed by atoms with Gasteiger partial charge < -0.3 is 28.4 Å². The Kier molecular flexibility index (Phi) is 28.5. The quantitative estimate of drug-likeness (QED) is 0.0367. The van der Waals surface area contributed by atoms with E-state index in [1.54, 1.807) is 0 Å². The second kappa shape index (κ2) is 33.8. The number of hydrogen-bond donors (Lipinski definition) is 10. The van der Waals surface area contributed by atoms with Gasteiger partial charge in [-0.15, -0.1) is 5.10 Å². The van der Waals surface area contributed by atoms with Crippen molar-refractivity contribution in [3.63, 3.8) is 0 Å². The van der Waals surface area contributed by atoms with Crippen LogP contribution in [0.25, 0.3) is 0 Å². The zero-order valence-corrected chi connectivity index (χ0v) is 64.4. The van der Waals surface area contributed by atoms with Crippen molar-refractivity contribution in [2.45, 2.75) is 216 Å². The van der Waals surface area contributed by atoms with Crippen LogP contribution in [0.2, 0.25) is 0 Å². The molecule has 49 nitrogen and oxygen atoms in total. The summed E-state index contributed by atoms with van der Waals surface area (Å²) in [5, 5.41) is 7.81. The summed E-state index contributed by atoms with van der Waals surface area (Å²) in [7, 11) is -62.4. The predicted octanol–water partition coefficient (Wildman–Crippen LogP) is -0.824. The van der Waals surface area contributed by atoms with Gasteiger partial charge in [0.2, 0.25) is 0 Å². The molecule has 0 spiro atoms. The van der Waals surface area contributed by atoms with Gasteiger partial charge in [-0.3, -0.25) is 45.5 Å². The van der Waals surface area contributed by atoms with Crippen LogP contribution in [-0.2, 0) is 181 Å². The Hall–Kier alpha value is -2.40. The van der Waals surface area contributed by atoms with E-state index in [2.05, 4.69) is 78.4 Å². The summed E-state index contributed by atoms with van der Waals surface area (Å²) in [6, 6.07) is 0. The highest BCUT2D eigenvalue weighted by Gasteiger charge is 2.64. The average molecular weight is 1760 g/mol. The fourth-order valence-corrected chi connectivity index (χ4v) is 20.8. The van der Waals surface area contributed by atoms with Crippen molar-refractivity contribution in [2.24, 2.45) is 52.3 Å². The second-order valence-electron chi connectivity index (χ2n) is 27.5. The van der Waals surface area contributed by atoms with Crippen molar-refractivity contribution < 1.29 is 200 Å². The van der Waals surface area contributed by atoms with Crippen molar-refractivity contribution in [2.75, 3.05) is 19.8 Å². The number of fused-ring (bicyclic) bond motifs is 5. The molecule has 0 aromatic carbocycles. The van der Waals surface area contributed by atoms with Gasteiger partial charge in [-0.25, -0.2) is 46.5 Å². The largest absolute Gasteiger partial charge is 0.397 e.